The van der Waals surface area contributed by atoms with Crippen molar-refractivity contribution in [2.24, 2.45) is 0 Å². The first-order valence-electron chi connectivity index (χ1n) is 6.83. The highest BCUT2D eigenvalue weighted by molar-refractivity contribution is 6.52. The minimum absolute atomic E-state index is 0.0362. The molecule has 0 spiro atoms. The minimum atomic E-state index is -0.684. The topological polar surface area (TPSA) is 43.1 Å². The molecule has 4 heteroatoms. The Morgan fingerprint density at radius 2 is 1.68 bits per heavy atom. The molecule has 0 N–H and O–H groups in total. The van der Waals surface area contributed by atoms with E-state index in [-0.39, 0.29) is 17.0 Å². The summed E-state index contributed by atoms with van der Waals surface area (Å²) in [5, 5.41) is 14.3. The van der Waals surface area contributed by atoms with Gasteiger partial charge in [0.1, 0.15) is 5.56 Å². The number of nitrogens with zero attached hydrogens (tertiary/aromatic N) is 1. The van der Waals surface area contributed by atoms with Gasteiger partial charge in [-0.15, -0.1) is 0 Å². The summed E-state index contributed by atoms with van der Waals surface area (Å²) >= 11 is 0. The van der Waals surface area contributed by atoms with Crippen LogP contribution >= 0.6 is 0 Å². The Labute approximate surface area is 125 Å². The van der Waals surface area contributed by atoms with E-state index in [2.05, 4.69) is 0 Å². The number of carbonyl (C=O) groups is 1. The number of para-hydroxylation sites is 1. The van der Waals surface area contributed by atoms with Crippen LogP contribution in [-0.4, -0.2) is 16.2 Å². The van der Waals surface area contributed by atoms with Crippen LogP contribution in [0.15, 0.2) is 60.7 Å². The molecule has 3 aromatic carbocycles. The first-order valence-corrected chi connectivity index (χ1v) is 6.83. The molecular formula is C18H10FNO2. The molecular weight excluding hydrogens is 281 g/mol. The maximum Gasteiger partial charge on any atom is 0.273 e. The molecule has 0 radical (unpaired) electrons. The molecule has 0 bridgehead atoms. The third-order valence-electron chi connectivity index (χ3n) is 3.88. The van der Waals surface area contributed by atoms with Gasteiger partial charge < -0.3 is 5.21 Å². The molecule has 0 saturated heterocycles. The predicted molar refractivity (Wildman–Crippen MR) is 82.1 cm³/mol. The second-order valence-corrected chi connectivity index (χ2v) is 5.17. The summed E-state index contributed by atoms with van der Waals surface area (Å²) in [7, 11) is 0. The van der Waals surface area contributed by atoms with E-state index in [0.717, 1.165) is 10.8 Å². The van der Waals surface area contributed by atoms with Gasteiger partial charge in [0.05, 0.1) is 5.56 Å². The van der Waals surface area contributed by atoms with Gasteiger partial charge in [0.15, 0.2) is 5.82 Å². The van der Waals surface area contributed by atoms with Crippen molar-refractivity contribution in [3.63, 3.8) is 0 Å². The highest BCUT2D eigenvalue weighted by Crippen LogP contribution is 2.31. The number of ketones is 1. The lowest BCUT2D eigenvalue weighted by Crippen LogP contribution is -2.16. The second kappa shape index (κ2) is 4.49. The Balaban J connectivity index is 1.95. The molecule has 0 fully saturated rings. The van der Waals surface area contributed by atoms with Crippen LogP contribution in [0.25, 0.3) is 10.8 Å². The summed E-state index contributed by atoms with van der Waals surface area (Å²) in [6.07, 6.45) is 0. The lowest BCUT2D eigenvalue weighted by atomic mass is 10.00. The number of carbonyl (C=O) groups excluding carboxylic acids is 1. The predicted octanol–water partition coefficient (Wildman–Crippen LogP) is 3.81. The van der Waals surface area contributed by atoms with Crippen LogP contribution in [0.3, 0.4) is 0 Å². The lowest BCUT2D eigenvalue weighted by Gasteiger charge is -2.04. The van der Waals surface area contributed by atoms with E-state index < -0.39 is 11.6 Å². The number of benzene rings is 3. The molecule has 1 aliphatic heterocycles. The number of Topliss-reactive ketones (excluding diaryl/α,β-unsaturated/α-hetero) is 1. The summed E-state index contributed by atoms with van der Waals surface area (Å²) in [6, 6.07) is 17.1. The quantitative estimate of drug-likeness (QED) is 0.505. The van der Waals surface area contributed by atoms with Crippen molar-refractivity contribution in [2.75, 3.05) is 0 Å². The molecule has 22 heavy (non-hydrogen) atoms. The Morgan fingerprint density at radius 1 is 0.909 bits per heavy atom. The normalized spacial score (nSPS) is 13.8. The maximum absolute atomic E-state index is 13.8. The minimum Gasteiger partial charge on any atom is -0.618 e. The van der Waals surface area contributed by atoms with Crippen LogP contribution in [0.4, 0.5) is 10.1 Å². The molecule has 4 rings (SSSR count). The molecule has 106 valence electrons. The number of rotatable bonds is 1. The average molecular weight is 291 g/mol. The molecule has 0 unspecified atom stereocenters. The molecule has 3 aromatic rings. The molecule has 0 amide bonds. The zero-order valence-electron chi connectivity index (χ0n) is 11.4. The Bertz CT molecular complexity index is 976. The van der Waals surface area contributed by atoms with E-state index in [1.54, 1.807) is 12.1 Å². The Hall–Kier alpha value is -3.01. The van der Waals surface area contributed by atoms with Crippen molar-refractivity contribution >= 4 is 28.0 Å². The molecule has 0 saturated carbocycles. The number of fused-ring (bicyclic) bond motifs is 2. The molecule has 1 heterocycles. The van der Waals surface area contributed by atoms with Crippen molar-refractivity contribution in [1.29, 1.82) is 0 Å². The fraction of sp³-hybridized carbons (Fsp3) is 0. The largest absolute Gasteiger partial charge is 0.618 e. The summed E-state index contributed by atoms with van der Waals surface area (Å²) in [4.78, 5) is 12.5. The van der Waals surface area contributed by atoms with E-state index in [1.165, 1.54) is 18.2 Å². The fourth-order valence-electron chi connectivity index (χ4n) is 2.82. The Morgan fingerprint density at radius 3 is 2.45 bits per heavy atom. The summed E-state index contributed by atoms with van der Waals surface area (Å²) < 4.78 is 14.2. The van der Waals surface area contributed by atoms with Gasteiger partial charge >= 0.3 is 0 Å². The highest BCUT2D eigenvalue weighted by atomic mass is 19.1. The SMILES string of the molecule is O=C1C(c2ccc3ccccc3c2)=[N+]([O-])c2c(F)cccc21. The van der Waals surface area contributed by atoms with E-state index in [0.29, 0.717) is 10.3 Å². The Kier molecular flexibility index (Phi) is 2.60. The molecule has 0 aromatic heterocycles. The van der Waals surface area contributed by atoms with Crippen LogP contribution < -0.4 is 0 Å². The lowest BCUT2D eigenvalue weighted by molar-refractivity contribution is -0.358. The summed E-state index contributed by atoms with van der Waals surface area (Å²) in [5.74, 6) is -1.13. The van der Waals surface area contributed by atoms with Crippen LogP contribution in [-0.2, 0) is 0 Å². The number of halogens is 1. The highest BCUT2D eigenvalue weighted by Gasteiger charge is 2.38. The smallest absolute Gasteiger partial charge is 0.273 e. The van der Waals surface area contributed by atoms with Crippen molar-refractivity contribution in [1.82, 2.24) is 0 Å². The third-order valence-corrected chi connectivity index (χ3v) is 3.88. The van der Waals surface area contributed by atoms with Gasteiger partial charge in [0.25, 0.3) is 17.2 Å². The summed E-state index contributed by atoms with van der Waals surface area (Å²) in [6.45, 7) is 0. The molecule has 0 atom stereocenters. The first-order chi connectivity index (χ1) is 10.7. The van der Waals surface area contributed by atoms with Crippen LogP contribution in [0, 0.1) is 11.0 Å². The van der Waals surface area contributed by atoms with Gasteiger partial charge in [-0.1, -0.05) is 36.4 Å². The van der Waals surface area contributed by atoms with Gasteiger partial charge in [-0.05, 0) is 35.0 Å². The van der Waals surface area contributed by atoms with Crippen molar-refractivity contribution in [3.05, 3.63) is 82.8 Å². The fourth-order valence-corrected chi connectivity index (χ4v) is 2.82. The number of hydrogen-bond donors (Lipinski definition) is 0. The maximum atomic E-state index is 13.8. The van der Waals surface area contributed by atoms with Crippen LogP contribution in [0.5, 0.6) is 0 Å². The zero-order chi connectivity index (χ0) is 15.3. The van der Waals surface area contributed by atoms with Gasteiger partial charge in [-0.3, -0.25) is 4.79 Å². The van der Waals surface area contributed by atoms with Crippen molar-refractivity contribution < 1.29 is 13.9 Å². The van der Waals surface area contributed by atoms with Gasteiger partial charge in [-0.25, -0.2) is 0 Å². The monoisotopic (exact) mass is 291 g/mol. The second-order valence-electron chi connectivity index (χ2n) is 5.17. The van der Waals surface area contributed by atoms with E-state index in [1.807, 2.05) is 30.3 Å². The van der Waals surface area contributed by atoms with Gasteiger partial charge in [0, 0.05) is 0 Å². The van der Waals surface area contributed by atoms with E-state index >= 15 is 0 Å². The van der Waals surface area contributed by atoms with Crippen molar-refractivity contribution in [3.8, 4) is 0 Å². The van der Waals surface area contributed by atoms with E-state index in [9.17, 15) is 14.4 Å². The zero-order valence-corrected chi connectivity index (χ0v) is 11.4. The molecule has 0 aliphatic carbocycles. The molecule has 3 nitrogen and oxygen atoms in total. The van der Waals surface area contributed by atoms with E-state index in [4.69, 9.17) is 0 Å². The van der Waals surface area contributed by atoms with Gasteiger partial charge in [0.2, 0.25) is 0 Å². The standard InChI is InChI=1S/C18H10FNO2/c19-15-7-3-6-14-17(15)20(22)16(18(14)21)13-9-8-11-4-1-2-5-12(11)10-13/h1-10H. The van der Waals surface area contributed by atoms with Gasteiger partial charge in [-0.2, -0.15) is 9.13 Å². The average Bonchev–Trinajstić information content (AvgIpc) is 2.79. The first kappa shape index (κ1) is 12.7. The number of hydrogen-bond acceptors (Lipinski definition) is 2. The van der Waals surface area contributed by atoms with Crippen LogP contribution in [0.1, 0.15) is 15.9 Å². The van der Waals surface area contributed by atoms with Crippen molar-refractivity contribution in [2.45, 2.75) is 0 Å². The summed E-state index contributed by atoms with van der Waals surface area (Å²) in [5.41, 5.74) is 0.369. The molecule has 1 aliphatic rings. The third kappa shape index (κ3) is 1.67. The van der Waals surface area contributed by atoms with Crippen LogP contribution in [0.2, 0.25) is 0 Å².